The number of benzene rings is 1. The van der Waals surface area contributed by atoms with Gasteiger partial charge in [0.1, 0.15) is 23.9 Å². The van der Waals surface area contributed by atoms with Crippen LogP contribution in [0.1, 0.15) is 39.5 Å². The number of amides is 1. The van der Waals surface area contributed by atoms with Gasteiger partial charge in [0.2, 0.25) is 5.91 Å². The molecule has 0 spiro atoms. The molecular formula is C29H35F3N6O4S. The molecule has 5 rings (SSSR count). The molecule has 2 fully saturated rings. The normalized spacial score (nSPS) is 23.3. The molecule has 0 unspecified atom stereocenters. The SMILES string of the molecule is CC(C)N(C)[C@@H]1CC[C@H](N2CC[C@H](Nc3ncnc4ncc(OC(F)(F)F)cc34)C2=O)[C@@H](CS(=O)(=O)c2ccccc2)C1. The lowest BCUT2D eigenvalue weighted by molar-refractivity contribution is -0.274. The second-order valence-electron chi connectivity index (χ2n) is 11.5. The van der Waals surface area contributed by atoms with Crippen molar-refractivity contribution in [2.24, 2.45) is 5.92 Å². The predicted octanol–water partition coefficient (Wildman–Crippen LogP) is 4.29. The van der Waals surface area contributed by atoms with Crippen molar-refractivity contribution >= 4 is 32.6 Å². The van der Waals surface area contributed by atoms with Crippen LogP contribution in [0.25, 0.3) is 11.0 Å². The van der Waals surface area contributed by atoms with E-state index < -0.39 is 28.0 Å². The Hall–Kier alpha value is -3.52. The Bertz CT molecular complexity index is 1560. The average Bonchev–Trinajstić information content (AvgIpc) is 3.31. The number of hydrogen-bond donors (Lipinski definition) is 1. The van der Waals surface area contributed by atoms with Crippen LogP contribution >= 0.6 is 0 Å². The van der Waals surface area contributed by atoms with E-state index in [0.717, 1.165) is 18.7 Å². The Balaban J connectivity index is 1.37. The maximum Gasteiger partial charge on any atom is 0.573 e. The summed E-state index contributed by atoms with van der Waals surface area (Å²) in [6.07, 6.45) is -0.213. The van der Waals surface area contributed by atoms with Gasteiger partial charge in [0.15, 0.2) is 15.5 Å². The van der Waals surface area contributed by atoms with Crippen molar-refractivity contribution in [3.05, 3.63) is 48.9 Å². The highest BCUT2D eigenvalue weighted by molar-refractivity contribution is 7.91. The molecule has 1 saturated carbocycles. The molecule has 0 bridgehead atoms. The van der Waals surface area contributed by atoms with Gasteiger partial charge in [-0.2, -0.15) is 0 Å². The minimum Gasteiger partial charge on any atom is -0.404 e. The Morgan fingerprint density at radius 2 is 1.86 bits per heavy atom. The number of halogens is 3. The first-order valence-corrected chi connectivity index (χ1v) is 15.9. The second-order valence-corrected chi connectivity index (χ2v) is 13.5. The fourth-order valence-corrected chi connectivity index (χ4v) is 7.86. The van der Waals surface area contributed by atoms with Gasteiger partial charge >= 0.3 is 6.36 Å². The van der Waals surface area contributed by atoms with Crippen LogP contribution in [0.2, 0.25) is 0 Å². The molecule has 1 saturated heterocycles. The summed E-state index contributed by atoms with van der Waals surface area (Å²) in [7, 11) is -1.55. The van der Waals surface area contributed by atoms with Gasteiger partial charge in [0.05, 0.1) is 22.2 Å². The van der Waals surface area contributed by atoms with Crippen LogP contribution in [0.3, 0.4) is 0 Å². The van der Waals surface area contributed by atoms with Crippen LogP contribution in [0.15, 0.2) is 53.8 Å². The third kappa shape index (κ3) is 7.01. The van der Waals surface area contributed by atoms with Gasteiger partial charge in [-0.25, -0.2) is 23.4 Å². The number of anilines is 1. The predicted molar refractivity (Wildman–Crippen MR) is 154 cm³/mol. The lowest BCUT2D eigenvalue weighted by atomic mass is 9.81. The van der Waals surface area contributed by atoms with Crippen molar-refractivity contribution < 1.29 is 31.1 Å². The van der Waals surface area contributed by atoms with Gasteiger partial charge in [-0.15, -0.1) is 13.2 Å². The van der Waals surface area contributed by atoms with E-state index in [0.29, 0.717) is 25.8 Å². The smallest absolute Gasteiger partial charge is 0.404 e. The summed E-state index contributed by atoms with van der Waals surface area (Å²) in [5.74, 6) is -0.918. The minimum atomic E-state index is -4.89. The number of nitrogens with zero attached hydrogens (tertiary/aromatic N) is 5. The summed E-state index contributed by atoms with van der Waals surface area (Å²) < 4.78 is 69.3. The molecule has 3 aromatic rings. The number of alkyl halides is 3. The third-order valence-corrected chi connectivity index (χ3v) is 10.3. The van der Waals surface area contributed by atoms with Gasteiger partial charge < -0.3 is 19.9 Å². The molecule has 0 radical (unpaired) electrons. The Morgan fingerprint density at radius 1 is 1.12 bits per heavy atom. The van der Waals surface area contributed by atoms with Crippen LogP contribution in [0, 0.1) is 5.92 Å². The first kappa shape index (κ1) is 30.9. The monoisotopic (exact) mass is 620 g/mol. The van der Waals surface area contributed by atoms with E-state index in [2.05, 4.69) is 43.8 Å². The van der Waals surface area contributed by atoms with Crippen molar-refractivity contribution in [2.75, 3.05) is 24.7 Å². The number of pyridine rings is 1. The molecule has 3 heterocycles. The molecule has 232 valence electrons. The molecule has 1 amide bonds. The van der Waals surface area contributed by atoms with Crippen LogP contribution in [-0.2, 0) is 14.6 Å². The third-order valence-electron chi connectivity index (χ3n) is 8.49. The highest BCUT2D eigenvalue weighted by Crippen LogP contribution is 2.36. The first-order valence-electron chi connectivity index (χ1n) is 14.3. The van der Waals surface area contributed by atoms with Crippen molar-refractivity contribution in [3.8, 4) is 5.75 Å². The molecule has 2 aliphatic rings. The summed E-state index contributed by atoms with van der Waals surface area (Å²) in [6.45, 7) is 4.62. The van der Waals surface area contributed by atoms with Crippen LogP contribution < -0.4 is 10.1 Å². The standard InChI is InChI=1S/C29H35F3N6O4S/c1-18(2)37(3)20-9-10-25(19(13-20)16-43(40,41)22-7-5-4-6-8-22)38-12-11-24(28(38)39)36-27-23-14-21(42-29(30,31)32)15-33-26(23)34-17-35-27/h4-8,14-15,17-20,24-25H,9-13,16H2,1-3H3,(H,33,34,35,36)/t19-,20-,24+,25+/m1/s1. The molecule has 10 nitrogen and oxygen atoms in total. The average molecular weight is 621 g/mol. The Kier molecular flexibility index (Phi) is 8.80. The number of ether oxygens (including phenoxy) is 1. The molecular weight excluding hydrogens is 585 g/mol. The molecule has 43 heavy (non-hydrogen) atoms. The zero-order chi connectivity index (χ0) is 30.9. The number of nitrogens with one attached hydrogen (secondary N) is 1. The highest BCUT2D eigenvalue weighted by atomic mass is 32.2. The first-order chi connectivity index (χ1) is 20.3. The summed E-state index contributed by atoms with van der Waals surface area (Å²) in [4.78, 5) is 30.2. The van der Waals surface area contributed by atoms with E-state index in [1.807, 2.05) is 7.05 Å². The molecule has 4 atom stereocenters. The summed E-state index contributed by atoms with van der Waals surface area (Å²) in [5.41, 5.74) is 0.146. The number of carbonyl (C=O) groups is 1. The second kappa shape index (κ2) is 12.2. The van der Waals surface area contributed by atoms with Crippen molar-refractivity contribution in [1.82, 2.24) is 24.8 Å². The number of rotatable bonds is 9. The number of hydrogen-bond acceptors (Lipinski definition) is 9. The molecule has 1 aromatic carbocycles. The zero-order valence-corrected chi connectivity index (χ0v) is 25.0. The maximum absolute atomic E-state index is 13.8. The number of sulfone groups is 1. The zero-order valence-electron chi connectivity index (χ0n) is 24.2. The van der Waals surface area contributed by atoms with Crippen molar-refractivity contribution in [1.29, 1.82) is 0 Å². The van der Waals surface area contributed by atoms with Crippen LogP contribution in [0.5, 0.6) is 5.75 Å². The van der Waals surface area contributed by atoms with E-state index >= 15 is 0 Å². The topological polar surface area (TPSA) is 118 Å². The fraction of sp³-hybridized carbons (Fsp3) is 0.517. The number of carbonyl (C=O) groups excluding carboxylic acids is 1. The van der Waals surface area contributed by atoms with E-state index in [1.54, 1.807) is 35.2 Å². The summed E-state index contributed by atoms with van der Waals surface area (Å²) >= 11 is 0. The number of likely N-dealkylation sites (tertiary alicyclic amines) is 1. The summed E-state index contributed by atoms with van der Waals surface area (Å²) in [6, 6.07) is 8.99. The minimum absolute atomic E-state index is 0.0732. The Labute approximate surface area is 248 Å². The highest BCUT2D eigenvalue weighted by Gasteiger charge is 2.44. The quantitative estimate of drug-likeness (QED) is 0.374. The molecule has 1 aliphatic carbocycles. The van der Waals surface area contributed by atoms with Gasteiger partial charge in [0, 0.05) is 24.7 Å². The molecule has 14 heteroatoms. The van der Waals surface area contributed by atoms with Gasteiger partial charge in [-0.05, 0) is 70.7 Å². The van der Waals surface area contributed by atoms with E-state index in [-0.39, 0.29) is 57.5 Å². The largest absolute Gasteiger partial charge is 0.573 e. The number of fused-ring (bicyclic) bond motifs is 1. The molecule has 1 aliphatic heterocycles. The molecule has 2 aromatic heterocycles. The van der Waals surface area contributed by atoms with Crippen molar-refractivity contribution in [2.45, 2.75) is 75.0 Å². The van der Waals surface area contributed by atoms with Crippen molar-refractivity contribution in [3.63, 3.8) is 0 Å². The van der Waals surface area contributed by atoms with E-state index in [4.69, 9.17) is 0 Å². The molecule has 1 N–H and O–H groups in total. The maximum atomic E-state index is 13.8. The van der Waals surface area contributed by atoms with Crippen LogP contribution in [-0.4, -0.2) is 89.0 Å². The summed E-state index contributed by atoms with van der Waals surface area (Å²) in [5, 5.41) is 3.26. The van der Waals surface area contributed by atoms with E-state index in [1.165, 1.54) is 6.33 Å². The Morgan fingerprint density at radius 3 is 2.56 bits per heavy atom. The van der Waals surface area contributed by atoms with Gasteiger partial charge in [0.25, 0.3) is 0 Å². The van der Waals surface area contributed by atoms with Gasteiger partial charge in [-0.1, -0.05) is 18.2 Å². The lowest BCUT2D eigenvalue weighted by Gasteiger charge is -2.44. The lowest BCUT2D eigenvalue weighted by Crippen LogP contribution is -2.52. The van der Waals surface area contributed by atoms with E-state index in [9.17, 15) is 26.4 Å². The number of aromatic nitrogens is 3. The fourth-order valence-electron chi connectivity index (χ4n) is 6.17. The van der Waals surface area contributed by atoms with Gasteiger partial charge in [-0.3, -0.25) is 4.79 Å². The van der Waals surface area contributed by atoms with Crippen LogP contribution in [0.4, 0.5) is 19.0 Å².